The van der Waals surface area contributed by atoms with Crippen LogP contribution in [0.1, 0.15) is 17.3 Å². The van der Waals surface area contributed by atoms with Gasteiger partial charge in [0.15, 0.2) is 5.13 Å². The van der Waals surface area contributed by atoms with E-state index in [1.54, 1.807) is 31.2 Å². The fourth-order valence-electron chi connectivity index (χ4n) is 3.23. The molecule has 1 heterocycles. The highest BCUT2D eigenvalue weighted by molar-refractivity contribution is 8.00. The average Bonchev–Trinajstić information content (AvgIpc) is 3.33. The molecule has 0 aliphatic rings. The number of nitrogens with one attached hydrogen (secondary N) is 2. The molecule has 2 amide bonds. The maximum atomic E-state index is 12.7. The highest BCUT2D eigenvalue weighted by Gasteiger charge is 2.11. The molecular formula is C26H24N4O3S2. The van der Waals surface area contributed by atoms with E-state index in [2.05, 4.69) is 15.6 Å². The summed E-state index contributed by atoms with van der Waals surface area (Å²) < 4.78 is 7.26. The van der Waals surface area contributed by atoms with Gasteiger partial charge in [0.1, 0.15) is 5.75 Å². The lowest BCUT2D eigenvalue weighted by molar-refractivity contribution is -0.114. The molecule has 4 rings (SSSR count). The van der Waals surface area contributed by atoms with Crippen LogP contribution in [0.5, 0.6) is 5.75 Å². The van der Waals surface area contributed by atoms with Crippen LogP contribution in [0.2, 0.25) is 0 Å². The van der Waals surface area contributed by atoms with Crippen LogP contribution < -0.4 is 19.7 Å². The van der Waals surface area contributed by atoms with Gasteiger partial charge in [-0.05, 0) is 72.6 Å². The molecule has 0 atom stereocenters. The van der Waals surface area contributed by atoms with Crippen LogP contribution in [-0.2, 0) is 4.79 Å². The van der Waals surface area contributed by atoms with Crippen LogP contribution in [0.25, 0.3) is 11.3 Å². The van der Waals surface area contributed by atoms with Crippen molar-refractivity contribution in [3.05, 3.63) is 83.7 Å². The van der Waals surface area contributed by atoms with Crippen molar-refractivity contribution in [3.8, 4) is 17.0 Å². The Morgan fingerprint density at radius 2 is 1.63 bits per heavy atom. The molecule has 4 aromatic rings. The van der Waals surface area contributed by atoms with Crippen LogP contribution in [-0.4, -0.2) is 31.0 Å². The SMILES string of the molecule is COc1ccc(N(C)Sc2ccc(C(=O)Nc3nc(-c4ccc(NC(C)=O)cc4)cs3)cc2)cc1. The number of hydrogen-bond donors (Lipinski definition) is 2. The van der Waals surface area contributed by atoms with Crippen LogP contribution in [0.4, 0.5) is 16.5 Å². The number of methoxy groups -OCH3 is 1. The van der Waals surface area contributed by atoms with Crippen molar-refractivity contribution >= 4 is 51.6 Å². The monoisotopic (exact) mass is 504 g/mol. The normalized spacial score (nSPS) is 10.5. The van der Waals surface area contributed by atoms with Gasteiger partial charge in [0, 0.05) is 46.7 Å². The van der Waals surface area contributed by atoms with Crippen molar-refractivity contribution in [1.29, 1.82) is 0 Å². The second kappa shape index (κ2) is 11.1. The molecule has 3 aromatic carbocycles. The minimum absolute atomic E-state index is 0.118. The molecule has 35 heavy (non-hydrogen) atoms. The predicted octanol–water partition coefficient (Wildman–Crippen LogP) is 6.17. The van der Waals surface area contributed by atoms with Gasteiger partial charge in [-0.25, -0.2) is 4.98 Å². The summed E-state index contributed by atoms with van der Waals surface area (Å²) in [6.45, 7) is 1.47. The summed E-state index contributed by atoms with van der Waals surface area (Å²) in [6, 6.07) is 22.7. The third kappa shape index (κ3) is 6.40. The molecule has 1 aromatic heterocycles. The summed E-state index contributed by atoms with van der Waals surface area (Å²) in [5.41, 5.74) is 3.98. The fraction of sp³-hybridized carbons (Fsp3) is 0.115. The number of rotatable bonds is 8. The molecular weight excluding hydrogens is 480 g/mol. The molecule has 0 radical (unpaired) electrons. The number of carbonyl (C=O) groups excluding carboxylic acids is 2. The molecule has 0 spiro atoms. The Balaban J connectivity index is 1.35. The van der Waals surface area contributed by atoms with Gasteiger partial charge in [0.2, 0.25) is 5.91 Å². The van der Waals surface area contributed by atoms with Crippen molar-refractivity contribution in [3.63, 3.8) is 0 Å². The number of amides is 2. The van der Waals surface area contributed by atoms with Gasteiger partial charge < -0.3 is 14.4 Å². The molecule has 9 heteroatoms. The molecule has 0 bridgehead atoms. The second-order valence-corrected chi connectivity index (χ2v) is 9.62. The number of benzene rings is 3. The van der Waals surface area contributed by atoms with Crippen molar-refractivity contribution in [2.24, 2.45) is 0 Å². The van der Waals surface area contributed by atoms with E-state index in [0.717, 1.165) is 33.3 Å². The lowest BCUT2D eigenvalue weighted by Crippen LogP contribution is -2.11. The minimum Gasteiger partial charge on any atom is -0.497 e. The zero-order valence-corrected chi connectivity index (χ0v) is 21.1. The first-order valence-electron chi connectivity index (χ1n) is 10.7. The van der Waals surface area contributed by atoms with Gasteiger partial charge in [-0.3, -0.25) is 14.9 Å². The highest BCUT2D eigenvalue weighted by atomic mass is 32.2. The summed E-state index contributed by atoms with van der Waals surface area (Å²) in [5.74, 6) is 0.481. The molecule has 0 aliphatic carbocycles. The molecule has 0 unspecified atom stereocenters. The van der Waals surface area contributed by atoms with Gasteiger partial charge in [-0.2, -0.15) is 0 Å². The van der Waals surface area contributed by atoms with E-state index in [9.17, 15) is 9.59 Å². The number of anilines is 3. The number of hydrogen-bond acceptors (Lipinski definition) is 7. The van der Waals surface area contributed by atoms with Gasteiger partial charge in [0.05, 0.1) is 12.8 Å². The maximum absolute atomic E-state index is 12.7. The van der Waals surface area contributed by atoms with E-state index in [-0.39, 0.29) is 11.8 Å². The zero-order chi connectivity index (χ0) is 24.8. The van der Waals surface area contributed by atoms with Crippen LogP contribution in [0.3, 0.4) is 0 Å². The Kier molecular flexibility index (Phi) is 7.69. The summed E-state index contributed by atoms with van der Waals surface area (Å²) in [4.78, 5) is 29.4. The lowest BCUT2D eigenvalue weighted by Gasteiger charge is -2.18. The molecule has 2 N–H and O–H groups in total. The van der Waals surface area contributed by atoms with Crippen molar-refractivity contribution in [1.82, 2.24) is 4.98 Å². The maximum Gasteiger partial charge on any atom is 0.257 e. The van der Waals surface area contributed by atoms with E-state index in [0.29, 0.717) is 10.7 Å². The number of nitrogens with zero attached hydrogens (tertiary/aromatic N) is 2. The van der Waals surface area contributed by atoms with Crippen molar-refractivity contribution in [2.75, 3.05) is 29.1 Å². The summed E-state index contributed by atoms with van der Waals surface area (Å²) >= 11 is 2.93. The molecule has 0 aliphatic heterocycles. The van der Waals surface area contributed by atoms with Gasteiger partial charge in [0.25, 0.3) is 5.91 Å². The smallest absolute Gasteiger partial charge is 0.257 e. The Morgan fingerprint density at radius 1 is 0.943 bits per heavy atom. The molecule has 178 valence electrons. The standard InChI is InChI=1S/C26H24N4O3S2/c1-17(31)27-20-8-4-18(5-9-20)24-16-34-26(28-24)29-25(32)19-6-14-23(15-7-19)35-30(2)21-10-12-22(33-3)13-11-21/h4-16H,1-3H3,(H,27,31)(H,28,29,32). The molecule has 0 fully saturated rings. The van der Waals surface area contributed by atoms with E-state index >= 15 is 0 Å². The molecule has 0 saturated carbocycles. The van der Waals surface area contributed by atoms with Crippen molar-refractivity contribution < 1.29 is 14.3 Å². The van der Waals surface area contributed by atoms with E-state index < -0.39 is 0 Å². The van der Waals surface area contributed by atoms with Crippen LogP contribution in [0, 0.1) is 0 Å². The predicted molar refractivity (Wildman–Crippen MR) is 144 cm³/mol. The Bertz CT molecular complexity index is 1300. The largest absolute Gasteiger partial charge is 0.497 e. The first kappa shape index (κ1) is 24.3. The van der Waals surface area contributed by atoms with Crippen LogP contribution in [0.15, 0.2) is 83.1 Å². The third-order valence-corrected chi connectivity index (χ3v) is 6.75. The number of carbonyl (C=O) groups is 2. The summed E-state index contributed by atoms with van der Waals surface area (Å²) in [5, 5.41) is 8.01. The first-order chi connectivity index (χ1) is 16.9. The average molecular weight is 505 g/mol. The van der Waals surface area contributed by atoms with Gasteiger partial charge in [-0.1, -0.05) is 12.1 Å². The van der Waals surface area contributed by atoms with Crippen molar-refractivity contribution in [2.45, 2.75) is 11.8 Å². The van der Waals surface area contributed by atoms with E-state index in [1.165, 1.54) is 18.3 Å². The lowest BCUT2D eigenvalue weighted by atomic mass is 10.1. The molecule has 7 nitrogen and oxygen atoms in total. The number of thiazole rings is 1. The topological polar surface area (TPSA) is 83.6 Å². The number of aromatic nitrogens is 1. The van der Waals surface area contributed by atoms with Gasteiger partial charge in [-0.15, -0.1) is 11.3 Å². The highest BCUT2D eigenvalue weighted by Crippen LogP contribution is 2.29. The Labute approximate surface area is 212 Å². The third-order valence-electron chi connectivity index (χ3n) is 5.02. The first-order valence-corrected chi connectivity index (χ1v) is 12.4. The minimum atomic E-state index is -0.216. The Morgan fingerprint density at radius 3 is 2.26 bits per heavy atom. The zero-order valence-electron chi connectivity index (χ0n) is 19.4. The second-order valence-electron chi connectivity index (χ2n) is 7.56. The Hall–Kier alpha value is -3.82. The quantitative estimate of drug-likeness (QED) is 0.279. The van der Waals surface area contributed by atoms with Crippen LogP contribution >= 0.6 is 23.3 Å². The fourth-order valence-corrected chi connectivity index (χ4v) is 4.75. The van der Waals surface area contributed by atoms with E-state index in [4.69, 9.17) is 4.74 Å². The summed E-state index contributed by atoms with van der Waals surface area (Å²) in [7, 11) is 3.63. The van der Waals surface area contributed by atoms with Gasteiger partial charge >= 0.3 is 0 Å². The van der Waals surface area contributed by atoms with E-state index in [1.807, 2.05) is 77.4 Å². The number of ether oxygens (including phenoxy) is 1. The molecule has 0 saturated heterocycles. The summed E-state index contributed by atoms with van der Waals surface area (Å²) in [6.07, 6.45) is 0.